The number of nitrogens with one attached hydrogen (secondary N) is 1. The molecule has 1 N–H and O–H groups in total. The van der Waals surface area contributed by atoms with Crippen molar-refractivity contribution >= 4 is 11.9 Å². The van der Waals surface area contributed by atoms with Gasteiger partial charge in [0.05, 0.1) is 17.7 Å². The van der Waals surface area contributed by atoms with Gasteiger partial charge in [0, 0.05) is 39.0 Å². The first-order valence-electron chi connectivity index (χ1n) is 11.4. The number of nitrogens with zero attached hydrogens (tertiary/aromatic N) is 2. The molecule has 3 fully saturated rings. The van der Waals surface area contributed by atoms with Gasteiger partial charge in [-0.2, -0.15) is 26.3 Å². The predicted molar refractivity (Wildman–Crippen MR) is 111 cm³/mol. The summed E-state index contributed by atoms with van der Waals surface area (Å²) in [6.07, 6.45) is -8.93. The SMILES string of the molecule is O=C1CO[C@H]2CCN(C(=O)N3CCC(Oc4ccc(C(F)(F)F)cc4OCC(F)(F)F)CC3)C[C@H]2N1. The molecule has 8 nitrogen and oxygen atoms in total. The van der Waals surface area contributed by atoms with E-state index in [2.05, 4.69) is 10.1 Å². The standard InChI is InChI=1S/C22H25F6N3O5/c23-21(24,25)12-35-18-9-13(22(26,27)28)1-2-17(18)36-14-3-6-30(7-4-14)20(33)31-8-5-16-15(10-31)29-19(32)11-34-16/h1-2,9,14-16H,3-8,10-12H2,(H,29,32)/t15-,16+/m1/s1. The first-order valence-corrected chi connectivity index (χ1v) is 11.4. The van der Waals surface area contributed by atoms with E-state index in [4.69, 9.17) is 9.47 Å². The molecule has 0 aromatic heterocycles. The molecule has 0 bridgehead atoms. The average molecular weight is 525 g/mol. The summed E-state index contributed by atoms with van der Waals surface area (Å²) in [5.74, 6) is -1.11. The molecule has 3 aliphatic heterocycles. The van der Waals surface area contributed by atoms with E-state index < -0.39 is 36.4 Å². The fourth-order valence-corrected chi connectivity index (χ4v) is 4.47. The second kappa shape index (κ2) is 10.2. The van der Waals surface area contributed by atoms with Crippen molar-refractivity contribution in [2.24, 2.45) is 0 Å². The summed E-state index contributed by atoms with van der Waals surface area (Å²) in [7, 11) is 0. The number of piperidine rings is 2. The zero-order valence-electron chi connectivity index (χ0n) is 19.0. The van der Waals surface area contributed by atoms with E-state index in [9.17, 15) is 35.9 Å². The van der Waals surface area contributed by atoms with Crippen LogP contribution in [0.4, 0.5) is 31.1 Å². The van der Waals surface area contributed by atoms with Crippen molar-refractivity contribution in [3.63, 3.8) is 0 Å². The predicted octanol–water partition coefficient (Wildman–Crippen LogP) is 3.20. The normalized spacial score (nSPS) is 23.7. The first-order chi connectivity index (χ1) is 16.9. The van der Waals surface area contributed by atoms with E-state index >= 15 is 0 Å². The number of fused-ring (bicyclic) bond motifs is 1. The molecule has 0 aliphatic carbocycles. The monoisotopic (exact) mass is 525 g/mol. The fraction of sp³-hybridized carbons (Fsp3) is 0.636. The van der Waals surface area contributed by atoms with Crippen LogP contribution in [0.1, 0.15) is 24.8 Å². The zero-order valence-corrected chi connectivity index (χ0v) is 19.0. The number of likely N-dealkylation sites (tertiary alicyclic amines) is 2. The minimum absolute atomic E-state index is 0.00448. The van der Waals surface area contributed by atoms with Crippen LogP contribution >= 0.6 is 0 Å². The molecule has 3 saturated heterocycles. The maximum Gasteiger partial charge on any atom is 0.422 e. The second-order valence-electron chi connectivity index (χ2n) is 8.91. The van der Waals surface area contributed by atoms with Gasteiger partial charge in [-0.3, -0.25) is 4.79 Å². The molecule has 1 aromatic rings. The molecule has 36 heavy (non-hydrogen) atoms. The molecule has 200 valence electrons. The highest BCUT2D eigenvalue weighted by Crippen LogP contribution is 2.38. The number of carbonyl (C=O) groups excluding carboxylic acids is 2. The highest BCUT2D eigenvalue weighted by atomic mass is 19.4. The number of hydrogen-bond acceptors (Lipinski definition) is 5. The Morgan fingerprint density at radius 2 is 1.72 bits per heavy atom. The van der Waals surface area contributed by atoms with Crippen molar-refractivity contribution in [3.05, 3.63) is 23.8 Å². The molecule has 0 spiro atoms. The third kappa shape index (κ3) is 6.45. The lowest BCUT2D eigenvalue weighted by molar-refractivity contribution is -0.154. The molecule has 0 radical (unpaired) electrons. The third-order valence-corrected chi connectivity index (χ3v) is 6.26. The van der Waals surface area contributed by atoms with Crippen LogP contribution in [-0.2, 0) is 15.7 Å². The largest absolute Gasteiger partial charge is 0.486 e. The Bertz CT molecular complexity index is 964. The lowest BCUT2D eigenvalue weighted by atomic mass is 10.0. The van der Waals surface area contributed by atoms with Crippen LogP contribution in [0.5, 0.6) is 11.5 Å². The number of hydrogen-bond donors (Lipinski definition) is 1. The van der Waals surface area contributed by atoms with Gasteiger partial charge in [-0.05, 0) is 24.6 Å². The number of amides is 3. The summed E-state index contributed by atoms with van der Waals surface area (Å²) in [4.78, 5) is 27.8. The number of carbonyl (C=O) groups is 2. The van der Waals surface area contributed by atoms with E-state index in [1.165, 1.54) is 0 Å². The van der Waals surface area contributed by atoms with Crippen molar-refractivity contribution < 1.29 is 50.1 Å². The van der Waals surface area contributed by atoms with E-state index in [0.29, 0.717) is 44.5 Å². The van der Waals surface area contributed by atoms with Gasteiger partial charge in [0.1, 0.15) is 12.7 Å². The van der Waals surface area contributed by atoms with Gasteiger partial charge in [0.15, 0.2) is 18.1 Å². The number of ether oxygens (including phenoxy) is 3. The first kappa shape index (κ1) is 26.2. The Labute approximate surface area is 202 Å². The van der Waals surface area contributed by atoms with Crippen molar-refractivity contribution in [2.45, 2.75) is 49.9 Å². The van der Waals surface area contributed by atoms with Crippen LogP contribution < -0.4 is 14.8 Å². The Hall–Kier alpha value is -2.90. The number of alkyl halides is 6. The van der Waals surface area contributed by atoms with Crippen molar-refractivity contribution in [1.29, 1.82) is 0 Å². The second-order valence-corrected chi connectivity index (χ2v) is 8.91. The molecule has 3 heterocycles. The lowest BCUT2D eigenvalue weighted by Crippen LogP contribution is -2.62. The van der Waals surface area contributed by atoms with Crippen molar-refractivity contribution in [1.82, 2.24) is 15.1 Å². The van der Waals surface area contributed by atoms with Gasteiger partial charge < -0.3 is 29.3 Å². The van der Waals surface area contributed by atoms with E-state index in [0.717, 1.165) is 6.07 Å². The molecule has 1 aromatic carbocycles. The minimum Gasteiger partial charge on any atom is -0.486 e. The Balaban J connectivity index is 1.34. The number of benzene rings is 1. The molecule has 0 saturated carbocycles. The average Bonchev–Trinajstić information content (AvgIpc) is 2.81. The van der Waals surface area contributed by atoms with E-state index in [1.807, 2.05) is 0 Å². The molecule has 4 rings (SSSR count). The topological polar surface area (TPSA) is 80.3 Å². The fourth-order valence-electron chi connectivity index (χ4n) is 4.47. The summed E-state index contributed by atoms with van der Waals surface area (Å²) in [5.41, 5.74) is -1.16. The van der Waals surface area contributed by atoms with E-state index in [-0.39, 0.29) is 49.5 Å². The zero-order chi connectivity index (χ0) is 26.1. The van der Waals surface area contributed by atoms with Crippen LogP contribution in [0.2, 0.25) is 0 Å². The van der Waals surface area contributed by atoms with Crippen LogP contribution in [0.3, 0.4) is 0 Å². The maximum absolute atomic E-state index is 13.0. The molecule has 3 amide bonds. The summed E-state index contributed by atoms with van der Waals surface area (Å²) < 4.78 is 92.7. The number of halogens is 6. The Morgan fingerprint density at radius 1 is 1.03 bits per heavy atom. The Kier molecular flexibility index (Phi) is 7.43. The summed E-state index contributed by atoms with van der Waals surface area (Å²) >= 11 is 0. The summed E-state index contributed by atoms with van der Waals surface area (Å²) in [5, 5.41) is 2.83. The van der Waals surface area contributed by atoms with Crippen molar-refractivity contribution in [3.8, 4) is 11.5 Å². The van der Waals surface area contributed by atoms with E-state index in [1.54, 1.807) is 9.80 Å². The molecule has 14 heteroatoms. The number of morpholine rings is 1. The van der Waals surface area contributed by atoms with Gasteiger partial charge in [-0.25, -0.2) is 4.79 Å². The maximum atomic E-state index is 13.0. The molecule has 2 atom stereocenters. The van der Waals surface area contributed by atoms with Crippen LogP contribution in [0, 0.1) is 0 Å². The molecular formula is C22H25F6N3O5. The van der Waals surface area contributed by atoms with Crippen LogP contribution in [0.25, 0.3) is 0 Å². The summed E-state index contributed by atoms with van der Waals surface area (Å²) in [6.45, 7) is -0.396. The van der Waals surface area contributed by atoms with Crippen LogP contribution in [0.15, 0.2) is 18.2 Å². The van der Waals surface area contributed by atoms with Gasteiger partial charge in [-0.1, -0.05) is 0 Å². The minimum atomic E-state index is -4.76. The summed E-state index contributed by atoms with van der Waals surface area (Å²) in [6, 6.07) is 1.65. The third-order valence-electron chi connectivity index (χ3n) is 6.26. The molecule has 0 unspecified atom stereocenters. The quantitative estimate of drug-likeness (QED) is 0.611. The smallest absolute Gasteiger partial charge is 0.422 e. The van der Waals surface area contributed by atoms with Gasteiger partial charge in [0.2, 0.25) is 5.91 Å². The van der Waals surface area contributed by atoms with Crippen molar-refractivity contribution in [2.75, 3.05) is 39.4 Å². The number of urea groups is 1. The molecular weight excluding hydrogens is 500 g/mol. The number of rotatable bonds is 4. The highest BCUT2D eigenvalue weighted by Gasteiger charge is 2.38. The van der Waals surface area contributed by atoms with Gasteiger partial charge in [0.25, 0.3) is 0 Å². The van der Waals surface area contributed by atoms with Gasteiger partial charge in [-0.15, -0.1) is 0 Å². The van der Waals surface area contributed by atoms with Gasteiger partial charge >= 0.3 is 18.4 Å². The van der Waals surface area contributed by atoms with Crippen LogP contribution in [-0.4, -0.2) is 85.6 Å². The Morgan fingerprint density at radius 3 is 2.39 bits per heavy atom. The lowest BCUT2D eigenvalue weighted by Gasteiger charge is -2.43. The molecule has 3 aliphatic rings. The highest BCUT2D eigenvalue weighted by molar-refractivity contribution is 5.79.